The van der Waals surface area contributed by atoms with Crippen LogP contribution >= 0.6 is 27.7 Å². The molecule has 0 bridgehead atoms. The topological polar surface area (TPSA) is 66.0 Å². The minimum atomic E-state index is 0.280. The molecule has 0 aliphatic rings. The van der Waals surface area contributed by atoms with Gasteiger partial charge in [-0.1, -0.05) is 60.3 Å². The Morgan fingerprint density at radius 2 is 2.17 bits per heavy atom. The number of rotatable bonds is 7. The van der Waals surface area contributed by atoms with Crippen LogP contribution in [-0.2, 0) is 6.61 Å². The van der Waals surface area contributed by atoms with E-state index in [4.69, 9.17) is 10.6 Å². The van der Waals surface area contributed by atoms with Gasteiger partial charge in [-0.3, -0.25) is 0 Å². The van der Waals surface area contributed by atoms with Crippen LogP contribution in [0.5, 0.6) is 5.75 Å². The van der Waals surface area contributed by atoms with Gasteiger partial charge in [-0.25, -0.2) is 4.68 Å². The summed E-state index contributed by atoms with van der Waals surface area (Å²) >= 11 is 4.79. The van der Waals surface area contributed by atoms with E-state index in [2.05, 4.69) is 58.7 Å². The van der Waals surface area contributed by atoms with Gasteiger partial charge in [0.1, 0.15) is 12.4 Å². The van der Waals surface area contributed by atoms with Gasteiger partial charge < -0.3 is 10.6 Å². The Balaban J connectivity index is 2.10. The van der Waals surface area contributed by atoms with Crippen molar-refractivity contribution in [3.05, 3.63) is 46.2 Å². The maximum atomic E-state index is 6.03. The lowest BCUT2D eigenvalue weighted by Gasteiger charge is -2.14. The van der Waals surface area contributed by atoms with E-state index in [1.165, 1.54) is 22.0 Å². The summed E-state index contributed by atoms with van der Waals surface area (Å²) in [4.78, 5) is 0. The summed E-state index contributed by atoms with van der Waals surface area (Å²) in [6.45, 7) is 10.4. The number of aromatic nitrogens is 3. The monoisotopic (exact) mass is 396 g/mol. The van der Waals surface area contributed by atoms with Crippen LogP contribution in [0.25, 0.3) is 0 Å². The van der Waals surface area contributed by atoms with Gasteiger partial charge in [0, 0.05) is 5.75 Å². The van der Waals surface area contributed by atoms with Gasteiger partial charge >= 0.3 is 0 Å². The molecule has 7 heteroatoms. The lowest BCUT2D eigenvalue weighted by molar-refractivity contribution is 0.287. The van der Waals surface area contributed by atoms with Crippen molar-refractivity contribution in [1.29, 1.82) is 0 Å². The number of halogens is 1. The first-order valence-corrected chi connectivity index (χ1v) is 9.05. The summed E-state index contributed by atoms with van der Waals surface area (Å²) in [6, 6.07) is 6.23. The summed E-state index contributed by atoms with van der Waals surface area (Å²) < 4.78 is 8.29. The summed E-state index contributed by atoms with van der Waals surface area (Å²) in [5.74, 6) is 8.55. The van der Waals surface area contributed by atoms with Crippen LogP contribution in [-0.4, -0.2) is 20.6 Å². The maximum Gasteiger partial charge on any atom is 0.210 e. The predicted molar refractivity (Wildman–Crippen MR) is 98.6 cm³/mol. The second-order valence-electron chi connectivity index (χ2n) is 5.56. The minimum absolute atomic E-state index is 0.280. The molecule has 0 spiro atoms. The third kappa shape index (κ3) is 4.75. The van der Waals surface area contributed by atoms with E-state index in [-0.39, 0.29) is 6.61 Å². The number of hydrogen-bond donors (Lipinski definition) is 1. The average Bonchev–Trinajstić information content (AvgIpc) is 2.83. The number of nitrogen functional groups attached to an aromatic ring is 1. The first-order chi connectivity index (χ1) is 10.9. The zero-order valence-electron chi connectivity index (χ0n) is 13.5. The third-order valence-corrected chi connectivity index (χ3v) is 4.92. The molecule has 124 valence electrons. The number of hydrogen-bond acceptors (Lipinski definition) is 5. The number of benzene rings is 1. The maximum absolute atomic E-state index is 6.03. The van der Waals surface area contributed by atoms with Crippen LogP contribution in [0.1, 0.15) is 36.7 Å². The number of nitrogens with two attached hydrogens (primary N) is 1. The van der Waals surface area contributed by atoms with Crippen LogP contribution in [0.4, 0.5) is 0 Å². The van der Waals surface area contributed by atoms with E-state index in [9.17, 15) is 0 Å². The highest BCUT2D eigenvalue weighted by molar-refractivity contribution is 9.11. The molecule has 2 aromatic rings. The molecule has 1 heterocycles. The molecular formula is C16H21BrN4OS. The predicted octanol–water partition coefficient (Wildman–Crippen LogP) is 4.00. The molecule has 0 aliphatic carbocycles. The number of thioether (sulfide) groups is 1. The molecule has 0 saturated carbocycles. The average molecular weight is 397 g/mol. The molecule has 23 heavy (non-hydrogen) atoms. The van der Waals surface area contributed by atoms with E-state index >= 15 is 0 Å². The summed E-state index contributed by atoms with van der Waals surface area (Å²) in [5, 5.41) is 8.82. The first-order valence-electron chi connectivity index (χ1n) is 7.27. The van der Waals surface area contributed by atoms with Crippen molar-refractivity contribution in [3.63, 3.8) is 0 Å². The Hall–Kier alpha value is -1.47. The largest absolute Gasteiger partial charge is 0.485 e. The fraction of sp³-hybridized carbons (Fsp3) is 0.375. The van der Waals surface area contributed by atoms with Crippen LogP contribution in [0.3, 0.4) is 0 Å². The molecule has 0 atom stereocenters. The SMILES string of the molecule is C=C(Br)CSc1nnc(COc2cc(C)ccc2C(C)C)n1N. The molecule has 5 nitrogen and oxygen atoms in total. The zero-order valence-corrected chi connectivity index (χ0v) is 15.9. The highest BCUT2D eigenvalue weighted by atomic mass is 79.9. The molecule has 2 rings (SSSR count). The highest BCUT2D eigenvalue weighted by Gasteiger charge is 2.13. The summed E-state index contributed by atoms with van der Waals surface area (Å²) in [7, 11) is 0. The quantitative estimate of drug-likeness (QED) is 0.565. The number of ether oxygens (including phenoxy) is 1. The molecule has 0 aliphatic heterocycles. The van der Waals surface area contributed by atoms with Crippen LogP contribution in [0.15, 0.2) is 34.4 Å². The Morgan fingerprint density at radius 1 is 1.43 bits per heavy atom. The number of aryl methyl sites for hydroxylation is 1. The van der Waals surface area contributed by atoms with Gasteiger partial charge in [0.25, 0.3) is 0 Å². The van der Waals surface area contributed by atoms with Crippen molar-refractivity contribution >= 4 is 27.7 Å². The summed E-state index contributed by atoms with van der Waals surface area (Å²) in [5.41, 5.74) is 2.33. The molecule has 2 N–H and O–H groups in total. The van der Waals surface area contributed by atoms with Gasteiger partial charge in [-0.2, -0.15) is 0 Å². The van der Waals surface area contributed by atoms with Crippen molar-refractivity contribution in [2.45, 2.75) is 38.5 Å². The van der Waals surface area contributed by atoms with E-state index in [0.29, 0.717) is 22.7 Å². The van der Waals surface area contributed by atoms with Crippen LogP contribution < -0.4 is 10.6 Å². The second kappa shape index (κ2) is 7.88. The van der Waals surface area contributed by atoms with E-state index in [1.54, 1.807) is 0 Å². The molecule has 0 amide bonds. The Kier molecular flexibility index (Phi) is 6.12. The smallest absolute Gasteiger partial charge is 0.210 e. The Labute approximate surface area is 149 Å². The van der Waals surface area contributed by atoms with Gasteiger partial charge in [0.05, 0.1) is 0 Å². The Morgan fingerprint density at radius 3 is 2.83 bits per heavy atom. The highest BCUT2D eigenvalue weighted by Crippen LogP contribution is 2.28. The van der Waals surface area contributed by atoms with Gasteiger partial charge in [0.15, 0.2) is 5.82 Å². The van der Waals surface area contributed by atoms with E-state index in [0.717, 1.165) is 15.8 Å². The normalized spacial score (nSPS) is 11.0. The van der Waals surface area contributed by atoms with Gasteiger partial charge in [-0.15, -0.1) is 10.2 Å². The fourth-order valence-corrected chi connectivity index (χ4v) is 3.00. The zero-order chi connectivity index (χ0) is 17.0. The minimum Gasteiger partial charge on any atom is -0.485 e. The van der Waals surface area contributed by atoms with Crippen molar-refractivity contribution in [1.82, 2.24) is 14.9 Å². The third-order valence-electron chi connectivity index (χ3n) is 3.24. The fourth-order valence-electron chi connectivity index (χ4n) is 2.03. The molecular weight excluding hydrogens is 376 g/mol. The molecule has 0 fully saturated rings. The van der Waals surface area contributed by atoms with E-state index in [1.807, 2.05) is 13.0 Å². The molecule has 0 radical (unpaired) electrons. The second-order valence-corrected chi connectivity index (χ2v) is 7.62. The van der Waals surface area contributed by atoms with Crippen molar-refractivity contribution < 1.29 is 4.74 Å². The summed E-state index contributed by atoms with van der Waals surface area (Å²) in [6.07, 6.45) is 0. The Bertz CT molecular complexity index is 699. The first kappa shape index (κ1) is 17.9. The van der Waals surface area contributed by atoms with Crippen molar-refractivity contribution in [2.75, 3.05) is 11.6 Å². The molecule has 0 unspecified atom stereocenters. The molecule has 1 aromatic heterocycles. The van der Waals surface area contributed by atoms with Crippen LogP contribution in [0.2, 0.25) is 0 Å². The number of nitrogens with zero attached hydrogens (tertiary/aromatic N) is 3. The van der Waals surface area contributed by atoms with Gasteiger partial charge in [0.2, 0.25) is 5.16 Å². The lowest BCUT2D eigenvalue weighted by atomic mass is 10.0. The van der Waals surface area contributed by atoms with Gasteiger partial charge in [-0.05, 0) is 34.5 Å². The molecule has 0 saturated heterocycles. The molecule has 1 aromatic carbocycles. The van der Waals surface area contributed by atoms with Crippen molar-refractivity contribution in [2.24, 2.45) is 0 Å². The van der Waals surface area contributed by atoms with Crippen molar-refractivity contribution in [3.8, 4) is 5.75 Å². The van der Waals surface area contributed by atoms with E-state index < -0.39 is 0 Å². The standard InChI is InChI=1S/C16H21BrN4OS/c1-10(2)13-6-5-11(3)7-14(13)22-8-15-19-20-16(21(15)18)23-9-12(4)17/h5-7,10H,4,8-9,18H2,1-3H3. The lowest BCUT2D eigenvalue weighted by Crippen LogP contribution is -2.16. The van der Waals surface area contributed by atoms with Crippen LogP contribution in [0, 0.1) is 6.92 Å².